The standard InChI is InChI=1S/C23H21ClF3N3O3/c24-16-4-2-1-3-15(16)20(22(33)29-14-8-23(26,27)9-14)19(12-7-13(25)11-28-10-12)21(32)17-5-6-18(31)30-17/h1-4,7,10-11,14,17,19-20H,5-6,8-9H2,(H,29,33)(H,30,31). The minimum atomic E-state index is -2.85. The Balaban J connectivity index is 1.77. The molecule has 0 spiro atoms. The third-order valence-corrected chi connectivity index (χ3v) is 6.37. The van der Waals surface area contributed by atoms with Gasteiger partial charge in [-0.3, -0.25) is 19.4 Å². The van der Waals surface area contributed by atoms with Crippen LogP contribution < -0.4 is 10.6 Å². The van der Waals surface area contributed by atoms with E-state index < -0.39 is 60.2 Å². The summed E-state index contributed by atoms with van der Waals surface area (Å²) in [5.74, 6) is -7.56. The molecule has 4 rings (SSSR count). The number of rotatable bonds is 7. The molecule has 2 aliphatic rings. The first-order chi connectivity index (χ1) is 15.6. The minimum Gasteiger partial charge on any atom is -0.352 e. The molecular weight excluding hydrogens is 459 g/mol. The van der Waals surface area contributed by atoms with Crippen LogP contribution in [0.2, 0.25) is 5.02 Å². The lowest BCUT2D eigenvalue weighted by Crippen LogP contribution is -2.52. The number of hydrogen-bond donors (Lipinski definition) is 2. The van der Waals surface area contributed by atoms with E-state index >= 15 is 0 Å². The SMILES string of the molecule is O=C1CCC(C(=O)C(c2cncc(F)c2)C(C(=O)NC2CC(F)(F)C2)c2ccccc2Cl)N1. The first-order valence-electron chi connectivity index (χ1n) is 10.5. The van der Waals surface area contributed by atoms with E-state index in [0.29, 0.717) is 0 Å². The summed E-state index contributed by atoms with van der Waals surface area (Å²) in [6.07, 6.45) is 1.59. The average Bonchev–Trinajstić information content (AvgIpc) is 3.17. The molecule has 2 N–H and O–H groups in total. The molecule has 1 aliphatic heterocycles. The first kappa shape index (κ1) is 23.2. The lowest BCUT2D eigenvalue weighted by atomic mass is 9.76. The van der Waals surface area contributed by atoms with E-state index in [0.717, 1.165) is 12.3 Å². The maximum atomic E-state index is 14.1. The summed E-state index contributed by atoms with van der Waals surface area (Å²) in [5, 5.41) is 5.36. The highest BCUT2D eigenvalue weighted by Gasteiger charge is 2.48. The van der Waals surface area contributed by atoms with Gasteiger partial charge in [0, 0.05) is 36.5 Å². The van der Waals surface area contributed by atoms with Crippen LogP contribution in [-0.4, -0.2) is 40.6 Å². The van der Waals surface area contributed by atoms with Gasteiger partial charge in [-0.2, -0.15) is 0 Å². The van der Waals surface area contributed by atoms with Crippen LogP contribution in [0.25, 0.3) is 0 Å². The molecule has 1 saturated carbocycles. The van der Waals surface area contributed by atoms with Gasteiger partial charge in [-0.05, 0) is 29.7 Å². The van der Waals surface area contributed by atoms with E-state index in [9.17, 15) is 27.6 Å². The maximum absolute atomic E-state index is 14.1. The van der Waals surface area contributed by atoms with Crippen molar-refractivity contribution in [2.45, 2.75) is 55.5 Å². The number of benzene rings is 1. The molecule has 33 heavy (non-hydrogen) atoms. The van der Waals surface area contributed by atoms with Crippen molar-refractivity contribution in [3.05, 3.63) is 64.7 Å². The third kappa shape index (κ3) is 5.03. The smallest absolute Gasteiger partial charge is 0.252 e. The van der Waals surface area contributed by atoms with Gasteiger partial charge < -0.3 is 10.6 Å². The van der Waals surface area contributed by atoms with Crippen LogP contribution in [0, 0.1) is 5.82 Å². The Morgan fingerprint density at radius 2 is 1.91 bits per heavy atom. The highest BCUT2D eigenvalue weighted by molar-refractivity contribution is 6.31. The highest BCUT2D eigenvalue weighted by atomic mass is 35.5. The zero-order chi connectivity index (χ0) is 23.8. The highest BCUT2D eigenvalue weighted by Crippen LogP contribution is 2.41. The molecule has 1 aromatic carbocycles. The number of hydrogen-bond acceptors (Lipinski definition) is 4. The Labute approximate surface area is 192 Å². The second kappa shape index (κ2) is 9.13. The van der Waals surface area contributed by atoms with Gasteiger partial charge in [-0.15, -0.1) is 0 Å². The van der Waals surface area contributed by atoms with Gasteiger partial charge >= 0.3 is 0 Å². The number of halogens is 4. The zero-order valence-corrected chi connectivity index (χ0v) is 18.1. The van der Waals surface area contributed by atoms with E-state index in [4.69, 9.17) is 11.6 Å². The van der Waals surface area contributed by atoms with Crippen molar-refractivity contribution in [3.8, 4) is 0 Å². The lowest BCUT2D eigenvalue weighted by molar-refractivity contribution is -0.134. The van der Waals surface area contributed by atoms with Crippen molar-refractivity contribution in [3.63, 3.8) is 0 Å². The molecular formula is C23H21ClF3N3O3. The fourth-order valence-corrected chi connectivity index (χ4v) is 4.67. The van der Waals surface area contributed by atoms with E-state index in [1.807, 2.05) is 0 Å². The Hall–Kier alpha value is -2.94. The van der Waals surface area contributed by atoms with Crippen LogP contribution in [0.5, 0.6) is 0 Å². The number of aromatic nitrogens is 1. The third-order valence-electron chi connectivity index (χ3n) is 6.02. The summed E-state index contributed by atoms with van der Waals surface area (Å²) in [5.41, 5.74) is 0.412. The summed E-state index contributed by atoms with van der Waals surface area (Å²) in [6.45, 7) is 0. The number of alkyl halides is 2. The predicted molar refractivity (Wildman–Crippen MR) is 113 cm³/mol. The van der Waals surface area contributed by atoms with Gasteiger partial charge in [0.25, 0.3) is 5.92 Å². The van der Waals surface area contributed by atoms with Crippen molar-refractivity contribution in [2.75, 3.05) is 0 Å². The van der Waals surface area contributed by atoms with Crippen molar-refractivity contribution >= 4 is 29.2 Å². The van der Waals surface area contributed by atoms with Gasteiger partial charge in [0.15, 0.2) is 5.78 Å². The van der Waals surface area contributed by atoms with Gasteiger partial charge in [0.2, 0.25) is 11.8 Å². The summed E-state index contributed by atoms with van der Waals surface area (Å²) in [4.78, 5) is 42.6. The monoisotopic (exact) mass is 479 g/mol. The Bertz CT molecular complexity index is 1090. The van der Waals surface area contributed by atoms with Crippen molar-refractivity contribution in [1.82, 2.24) is 15.6 Å². The molecule has 0 bridgehead atoms. The van der Waals surface area contributed by atoms with Gasteiger partial charge in [-0.1, -0.05) is 29.8 Å². The molecule has 10 heteroatoms. The maximum Gasteiger partial charge on any atom is 0.252 e. The number of nitrogens with one attached hydrogen (secondary N) is 2. The van der Waals surface area contributed by atoms with Crippen molar-refractivity contribution in [2.24, 2.45) is 0 Å². The van der Waals surface area contributed by atoms with Crippen LogP contribution in [0.3, 0.4) is 0 Å². The molecule has 6 nitrogen and oxygen atoms in total. The van der Waals surface area contributed by atoms with Crippen molar-refractivity contribution in [1.29, 1.82) is 0 Å². The van der Waals surface area contributed by atoms with Gasteiger partial charge in [-0.25, -0.2) is 13.2 Å². The molecule has 2 heterocycles. The quantitative estimate of drug-likeness (QED) is 0.636. The van der Waals surface area contributed by atoms with E-state index in [-0.39, 0.29) is 34.9 Å². The topological polar surface area (TPSA) is 88.2 Å². The number of Topliss-reactive ketones (excluding diaryl/α,β-unsaturated/α-hetero) is 1. The largest absolute Gasteiger partial charge is 0.352 e. The number of carbonyl (C=O) groups is 3. The van der Waals surface area contributed by atoms with Crippen LogP contribution in [0.1, 0.15) is 48.6 Å². The summed E-state index contributed by atoms with van der Waals surface area (Å²) in [6, 6.07) is 5.83. The van der Waals surface area contributed by atoms with Crippen molar-refractivity contribution < 1.29 is 27.6 Å². The van der Waals surface area contributed by atoms with Crippen LogP contribution in [-0.2, 0) is 14.4 Å². The predicted octanol–water partition coefficient (Wildman–Crippen LogP) is 3.50. The van der Waals surface area contributed by atoms with Crippen LogP contribution in [0.15, 0.2) is 42.7 Å². The number of nitrogens with zero attached hydrogens (tertiary/aromatic N) is 1. The second-order valence-electron chi connectivity index (χ2n) is 8.44. The fourth-order valence-electron chi connectivity index (χ4n) is 4.42. The lowest BCUT2D eigenvalue weighted by Gasteiger charge is -2.37. The second-order valence-corrected chi connectivity index (χ2v) is 8.85. The molecule has 0 radical (unpaired) electrons. The average molecular weight is 480 g/mol. The van der Waals surface area contributed by atoms with Crippen LogP contribution >= 0.6 is 11.6 Å². The molecule has 2 amide bonds. The Morgan fingerprint density at radius 1 is 1.18 bits per heavy atom. The van der Waals surface area contributed by atoms with E-state index in [1.54, 1.807) is 18.2 Å². The minimum absolute atomic E-state index is 0.125. The molecule has 174 valence electrons. The van der Waals surface area contributed by atoms with E-state index in [1.165, 1.54) is 12.3 Å². The summed E-state index contributed by atoms with van der Waals surface area (Å²) >= 11 is 6.37. The van der Waals surface area contributed by atoms with Gasteiger partial charge in [0.05, 0.1) is 24.1 Å². The summed E-state index contributed by atoms with van der Waals surface area (Å²) < 4.78 is 40.8. The Morgan fingerprint density at radius 3 is 2.52 bits per heavy atom. The van der Waals surface area contributed by atoms with Gasteiger partial charge in [0.1, 0.15) is 5.82 Å². The number of amides is 2. The number of carbonyl (C=O) groups excluding carboxylic acids is 3. The first-order valence-corrected chi connectivity index (χ1v) is 10.9. The van der Waals surface area contributed by atoms with E-state index in [2.05, 4.69) is 15.6 Å². The molecule has 1 aromatic heterocycles. The summed E-state index contributed by atoms with van der Waals surface area (Å²) in [7, 11) is 0. The molecule has 2 aromatic rings. The normalized spacial score (nSPS) is 21.6. The Kier molecular flexibility index (Phi) is 6.43. The number of pyridine rings is 1. The van der Waals surface area contributed by atoms with Crippen LogP contribution in [0.4, 0.5) is 13.2 Å². The molecule has 2 fully saturated rings. The molecule has 1 aliphatic carbocycles. The fraction of sp³-hybridized carbons (Fsp3) is 0.391. The number of ketones is 1. The molecule has 3 unspecified atom stereocenters. The molecule has 3 atom stereocenters. The zero-order valence-electron chi connectivity index (χ0n) is 17.4. The molecule has 1 saturated heterocycles.